The maximum absolute atomic E-state index is 11.8. The van der Waals surface area contributed by atoms with Crippen LogP contribution in [0.5, 0.6) is 11.5 Å². The van der Waals surface area contributed by atoms with E-state index in [0.29, 0.717) is 28.4 Å². The number of nitrogens with one attached hydrogen (secondary N) is 2. The summed E-state index contributed by atoms with van der Waals surface area (Å²) in [6, 6.07) is 11.5. The van der Waals surface area contributed by atoms with Gasteiger partial charge in [0, 0.05) is 17.3 Å². The van der Waals surface area contributed by atoms with E-state index in [-0.39, 0.29) is 23.1 Å². The fourth-order valence-electron chi connectivity index (χ4n) is 2.70. The smallest absolute Gasteiger partial charge is 0.353 e. The Kier molecular flexibility index (Phi) is 6.06. The summed E-state index contributed by atoms with van der Waals surface area (Å²) < 4.78 is 10.5. The topological polar surface area (TPSA) is 129 Å². The first-order chi connectivity index (χ1) is 14.4. The van der Waals surface area contributed by atoms with Gasteiger partial charge in [-0.2, -0.15) is 0 Å². The van der Waals surface area contributed by atoms with Crippen molar-refractivity contribution in [3.63, 3.8) is 0 Å². The summed E-state index contributed by atoms with van der Waals surface area (Å²) in [5.74, 6) is 0.893. The molecule has 3 aromatic rings. The van der Waals surface area contributed by atoms with Gasteiger partial charge in [-0.05, 0) is 43.3 Å². The van der Waals surface area contributed by atoms with Crippen molar-refractivity contribution in [2.24, 2.45) is 0 Å². The number of hydrogen-bond acceptors (Lipinski definition) is 9. The zero-order valence-corrected chi connectivity index (χ0v) is 16.5. The Morgan fingerprint density at radius 2 is 1.67 bits per heavy atom. The number of benzene rings is 2. The van der Waals surface area contributed by atoms with Gasteiger partial charge in [0.25, 0.3) is 0 Å². The van der Waals surface area contributed by atoms with Crippen molar-refractivity contribution < 1.29 is 19.2 Å². The molecule has 154 valence electrons. The van der Waals surface area contributed by atoms with Crippen LogP contribution in [-0.4, -0.2) is 34.9 Å². The molecule has 3 rings (SSSR count). The van der Waals surface area contributed by atoms with Gasteiger partial charge < -0.3 is 20.1 Å². The molecule has 0 spiro atoms. The molecule has 10 heteroatoms. The summed E-state index contributed by atoms with van der Waals surface area (Å²) in [5, 5.41) is 17.6. The van der Waals surface area contributed by atoms with Gasteiger partial charge in [-0.1, -0.05) is 0 Å². The molecular formula is C20H19N5O5. The highest BCUT2D eigenvalue weighted by Crippen LogP contribution is 2.36. The number of ketones is 1. The number of carbonyl (C=O) groups excluding carboxylic acids is 1. The molecule has 0 unspecified atom stereocenters. The Morgan fingerprint density at radius 1 is 1.00 bits per heavy atom. The molecule has 30 heavy (non-hydrogen) atoms. The summed E-state index contributed by atoms with van der Waals surface area (Å²) >= 11 is 0. The maximum atomic E-state index is 11.8. The molecule has 1 aromatic heterocycles. The number of nitrogens with zero attached hydrogens (tertiary/aromatic N) is 3. The van der Waals surface area contributed by atoms with Crippen LogP contribution in [0, 0.1) is 10.1 Å². The van der Waals surface area contributed by atoms with Crippen LogP contribution >= 0.6 is 0 Å². The number of aromatic nitrogens is 2. The van der Waals surface area contributed by atoms with Gasteiger partial charge in [0.05, 0.1) is 24.8 Å². The average Bonchev–Trinajstić information content (AvgIpc) is 2.74. The third kappa shape index (κ3) is 4.43. The van der Waals surface area contributed by atoms with Gasteiger partial charge in [-0.3, -0.25) is 14.9 Å². The molecule has 2 N–H and O–H groups in total. The number of anilines is 4. The second-order valence-electron chi connectivity index (χ2n) is 6.13. The van der Waals surface area contributed by atoms with Crippen LogP contribution in [0.2, 0.25) is 0 Å². The summed E-state index contributed by atoms with van der Waals surface area (Å²) in [6.07, 6.45) is 1.20. The van der Waals surface area contributed by atoms with E-state index in [4.69, 9.17) is 9.47 Å². The normalized spacial score (nSPS) is 10.2. The molecule has 0 amide bonds. The van der Waals surface area contributed by atoms with Crippen molar-refractivity contribution in [3.05, 3.63) is 64.5 Å². The monoisotopic (exact) mass is 409 g/mol. The number of hydrogen-bond donors (Lipinski definition) is 2. The Hall–Kier alpha value is -4.21. The second-order valence-corrected chi connectivity index (χ2v) is 6.13. The second kappa shape index (κ2) is 8.86. The Morgan fingerprint density at radius 3 is 2.23 bits per heavy atom. The van der Waals surface area contributed by atoms with Gasteiger partial charge in [0.15, 0.2) is 5.78 Å². The Balaban J connectivity index is 1.97. The molecule has 1 heterocycles. The fourth-order valence-corrected chi connectivity index (χ4v) is 2.70. The average molecular weight is 409 g/mol. The number of ether oxygens (including phenoxy) is 2. The molecule has 2 aromatic carbocycles. The molecule has 0 saturated carbocycles. The molecular weight excluding hydrogens is 390 g/mol. The van der Waals surface area contributed by atoms with E-state index in [2.05, 4.69) is 20.6 Å². The third-order valence-corrected chi connectivity index (χ3v) is 4.22. The molecule has 0 radical (unpaired) electrons. The summed E-state index contributed by atoms with van der Waals surface area (Å²) in [4.78, 5) is 30.6. The van der Waals surface area contributed by atoms with E-state index < -0.39 is 4.92 Å². The van der Waals surface area contributed by atoms with Crippen molar-refractivity contribution in [1.82, 2.24) is 9.97 Å². The summed E-state index contributed by atoms with van der Waals surface area (Å²) in [6.45, 7) is 1.46. The molecule has 0 fully saturated rings. The predicted molar refractivity (Wildman–Crippen MR) is 111 cm³/mol. The quantitative estimate of drug-likeness (QED) is 0.321. The van der Waals surface area contributed by atoms with Gasteiger partial charge >= 0.3 is 5.69 Å². The fraction of sp³-hybridized carbons (Fsp3) is 0.150. The number of nitro groups is 1. The van der Waals surface area contributed by atoms with Crippen molar-refractivity contribution in [2.45, 2.75) is 6.92 Å². The number of Topliss-reactive ketones (excluding diaryl/α,β-unsaturated/α-hetero) is 1. The lowest BCUT2D eigenvalue weighted by molar-refractivity contribution is -0.383. The van der Waals surface area contributed by atoms with Crippen molar-refractivity contribution in [3.8, 4) is 11.5 Å². The van der Waals surface area contributed by atoms with Gasteiger partial charge in [0.1, 0.15) is 17.8 Å². The lowest BCUT2D eigenvalue weighted by atomic mass is 10.1. The number of methoxy groups -OCH3 is 2. The van der Waals surface area contributed by atoms with Crippen LogP contribution in [-0.2, 0) is 0 Å². The Bertz CT molecular complexity index is 1090. The minimum Gasteiger partial charge on any atom is -0.497 e. The molecule has 0 aliphatic rings. The van der Waals surface area contributed by atoms with Crippen molar-refractivity contribution >= 4 is 34.5 Å². The van der Waals surface area contributed by atoms with E-state index in [0.717, 1.165) is 0 Å². The van der Waals surface area contributed by atoms with Gasteiger partial charge in [0.2, 0.25) is 11.6 Å². The van der Waals surface area contributed by atoms with E-state index in [9.17, 15) is 14.9 Å². The first kappa shape index (κ1) is 20.5. The standard InChI is InChI=1S/C20H19N5O5/c1-12(26)13-4-6-14(7-5-13)23-19-18(25(27)28)20(22-11-21-19)24-16-10-15(29-2)8-9-17(16)30-3/h4-11H,1-3H3,(H2,21,22,23,24). The predicted octanol–water partition coefficient (Wildman–Crippen LogP) is 4.09. The maximum Gasteiger partial charge on any atom is 0.353 e. The van der Waals surface area contributed by atoms with Crippen LogP contribution in [0.25, 0.3) is 0 Å². The van der Waals surface area contributed by atoms with E-state index in [1.54, 1.807) is 42.5 Å². The minimum absolute atomic E-state index is 0.00469. The molecule has 0 saturated heterocycles. The Labute approximate surface area is 172 Å². The zero-order chi connectivity index (χ0) is 21.7. The van der Waals surface area contributed by atoms with E-state index >= 15 is 0 Å². The first-order valence-electron chi connectivity index (χ1n) is 8.79. The lowest BCUT2D eigenvalue weighted by Gasteiger charge is -2.13. The van der Waals surface area contributed by atoms with Crippen molar-refractivity contribution in [1.29, 1.82) is 0 Å². The number of carbonyl (C=O) groups is 1. The molecule has 0 aliphatic heterocycles. The van der Waals surface area contributed by atoms with Gasteiger partial charge in [-0.15, -0.1) is 0 Å². The zero-order valence-electron chi connectivity index (χ0n) is 16.5. The van der Waals surface area contributed by atoms with E-state index in [1.165, 1.54) is 27.5 Å². The van der Waals surface area contributed by atoms with E-state index in [1.807, 2.05) is 0 Å². The van der Waals surface area contributed by atoms with Crippen molar-refractivity contribution in [2.75, 3.05) is 24.9 Å². The lowest BCUT2D eigenvalue weighted by Crippen LogP contribution is -2.06. The molecule has 0 bridgehead atoms. The molecule has 0 aliphatic carbocycles. The molecule has 10 nitrogen and oxygen atoms in total. The largest absolute Gasteiger partial charge is 0.497 e. The highest BCUT2D eigenvalue weighted by atomic mass is 16.6. The van der Waals surface area contributed by atoms with Crippen LogP contribution in [0.3, 0.4) is 0 Å². The van der Waals surface area contributed by atoms with Crippen LogP contribution < -0.4 is 20.1 Å². The third-order valence-electron chi connectivity index (χ3n) is 4.22. The van der Waals surface area contributed by atoms with Gasteiger partial charge in [-0.25, -0.2) is 9.97 Å². The first-order valence-corrected chi connectivity index (χ1v) is 8.79. The number of rotatable bonds is 8. The highest BCUT2D eigenvalue weighted by molar-refractivity contribution is 5.94. The summed E-state index contributed by atoms with van der Waals surface area (Å²) in [7, 11) is 3.00. The SMILES string of the molecule is COc1ccc(OC)c(Nc2ncnc(Nc3ccc(C(C)=O)cc3)c2[N+](=O)[O-])c1. The summed E-state index contributed by atoms with van der Waals surface area (Å²) in [5.41, 5.74) is 1.16. The van der Waals surface area contributed by atoms with Crippen LogP contribution in [0.1, 0.15) is 17.3 Å². The minimum atomic E-state index is -0.582. The van der Waals surface area contributed by atoms with Crippen LogP contribution in [0.15, 0.2) is 48.8 Å². The van der Waals surface area contributed by atoms with Crippen LogP contribution in [0.4, 0.5) is 28.7 Å². The molecule has 0 atom stereocenters. The highest BCUT2D eigenvalue weighted by Gasteiger charge is 2.24.